The van der Waals surface area contributed by atoms with Crippen molar-refractivity contribution in [1.29, 1.82) is 0 Å². The Morgan fingerprint density at radius 1 is 0.952 bits per heavy atom. The molecule has 21 heavy (non-hydrogen) atoms. The second kappa shape index (κ2) is 4.52. The monoisotopic (exact) mass is 275 g/mol. The lowest BCUT2D eigenvalue weighted by atomic mass is 10.2. The van der Waals surface area contributed by atoms with E-state index in [1.165, 1.54) is 0 Å². The van der Waals surface area contributed by atoms with Crippen LogP contribution in [-0.4, -0.2) is 9.78 Å². The molecule has 0 fully saturated rings. The van der Waals surface area contributed by atoms with Gasteiger partial charge in [-0.25, -0.2) is 4.68 Å². The first kappa shape index (κ1) is 11.8. The van der Waals surface area contributed by atoms with E-state index in [4.69, 9.17) is 10.2 Å². The van der Waals surface area contributed by atoms with Crippen molar-refractivity contribution in [1.82, 2.24) is 9.78 Å². The number of nitrogen functional groups attached to an aromatic ring is 1. The maximum absolute atomic E-state index is 6.09. The number of nitrogens with zero attached hydrogens (tertiary/aromatic N) is 2. The lowest BCUT2D eigenvalue weighted by Gasteiger charge is -1.98. The van der Waals surface area contributed by atoms with Gasteiger partial charge in [0, 0.05) is 5.39 Å². The lowest BCUT2D eigenvalue weighted by molar-refractivity contribution is 0.627. The van der Waals surface area contributed by atoms with Gasteiger partial charge in [0.05, 0.1) is 17.6 Å². The number of para-hydroxylation sites is 2. The van der Waals surface area contributed by atoms with E-state index in [0.29, 0.717) is 17.1 Å². The number of furan rings is 1. The zero-order valence-electron chi connectivity index (χ0n) is 11.2. The third-order valence-electron chi connectivity index (χ3n) is 3.42. The Bertz CT molecular complexity index is 873. The summed E-state index contributed by atoms with van der Waals surface area (Å²) in [4.78, 5) is 0. The van der Waals surface area contributed by atoms with Crippen LogP contribution in [0.2, 0.25) is 0 Å². The first-order valence-corrected chi connectivity index (χ1v) is 6.71. The van der Waals surface area contributed by atoms with E-state index in [-0.39, 0.29) is 0 Å². The summed E-state index contributed by atoms with van der Waals surface area (Å²) in [5.74, 6) is 0.684. The largest absolute Gasteiger partial charge is 0.454 e. The number of fused-ring (bicyclic) bond motifs is 1. The summed E-state index contributed by atoms with van der Waals surface area (Å²) in [6, 6.07) is 19.7. The molecule has 0 aliphatic heterocycles. The molecule has 0 radical (unpaired) electrons. The van der Waals surface area contributed by atoms with Crippen LogP contribution in [-0.2, 0) is 0 Å². The Morgan fingerprint density at radius 3 is 2.52 bits per heavy atom. The summed E-state index contributed by atoms with van der Waals surface area (Å²) in [6.07, 6.45) is 1.80. The molecule has 4 nitrogen and oxygen atoms in total. The molecule has 4 rings (SSSR count). The molecule has 2 aromatic heterocycles. The van der Waals surface area contributed by atoms with Crippen molar-refractivity contribution < 1.29 is 4.42 Å². The van der Waals surface area contributed by atoms with Crippen LogP contribution in [0.3, 0.4) is 0 Å². The molecule has 0 aliphatic carbocycles. The molecule has 0 saturated carbocycles. The predicted octanol–water partition coefficient (Wildman–Crippen LogP) is 3.87. The van der Waals surface area contributed by atoms with Crippen molar-refractivity contribution in [3.05, 3.63) is 66.9 Å². The van der Waals surface area contributed by atoms with Gasteiger partial charge in [-0.3, -0.25) is 0 Å². The van der Waals surface area contributed by atoms with Crippen LogP contribution in [0.5, 0.6) is 0 Å². The number of rotatable bonds is 2. The summed E-state index contributed by atoms with van der Waals surface area (Å²) in [6.45, 7) is 0. The Hall–Kier alpha value is -3.01. The maximum Gasteiger partial charge on any atom is 0.157 e. The van der Waals surface area contributed by atoms with Gasteiger partial charge in [-0.2, -0.15) is 5.10 Å². The molecule has 4 aromatic rings. The van der Waals surface area contributed by atoms with Crippen LogP contribution >= 0.6 is 0 Å². The van der Waals surface area contributed by atoms with E-state index in [1.54, 1.807) is 10.9 Å². The Morgan fingerprint density at radius 2 is 1.71 bits per heavy atom. The molecular formula is C17H13N3O. The molecular weight excluding hydrogens is 262 g/mol. The van der Waals surface area contributed by atoms with Gasteiger partial charge in [0.2, 0.25) is 0 Å². The average Bonchev–Trinajstić information content (AvgIpc) is 3.11. The normalized spacial score (nSPS) is 11.0. The second-order valence-electron chi connectivity index (χ2n) is 4.86. The van der Waals surface area contributed by atoms with Crippen molar-refractivity contribution in [3.8, 4) is 17.1 Å². The molecule has 0 saturated heterocycles. The summed E-state index contributed by atoms with van der Waals surface area (Å²) >= 11 is 0. The van der Waals surface area contributed by atoms with E-state index in [1.807, 2.05) is 60.7 Å². The molecule has 4 heteroatoms. The van der Waals surface area contributed by atoms with Gasteiger partial charge in [-0.15, -0.1) is 0 Å². The molecule has 0 bridgehead atoms. The molecule has 2 heterocycles. The lowest BCUT2D eigenvalue weighted by Crippen LogP contribution is -1.93. The minimum atomic E-state index is 0.595. The molecule has 102 valence electrons. The summed E-state index contributed by atoms with van der Waals surface area (Å²) < 4.78 is 7.59. The highest BCUT2D eigenvalue weighted by Gasteiger charge is 2.14. The first-order valence-electron chi connectivity index (χ1n) is 6.71. The zero-order valence-corrected chi connectivity index (χ0v) is 11.2. The topological polar surface area (TPSA) is 57.0 Å². The van der Waals surface area contributed by atoms with Crippen molar-refractivity contribution in [2.45, 2.75) is 0 Å². The predicted molar refractivity (Wildman–Crippen MR) is 83.2 cm³/mol. The fourth-order valence-electron chi connectivity index (χ4n) is 2.39. The molecule has 2 aromatic carbocycles. The number of hydrogen-bond donors (Lipinski definition) is 1. The van der Waals surface area contributed by atoms with Gasteiger partial charge in [0.25, 0.3) is 0 Å². The van der Waals surface area contributed by atoms with Crippen LogP contribution in [0.25, 0.3) is 28.1 Å². The van der Waals surface area contributed by atoms with Gasteiger partial charge in [0.1, 0.15) is 5.58 Å². The van der Waals surface area contributed by atoms with Crippen molar-refractivity contribution in [2.24, 2.45) is 0 Å². The summed E-state index contributed by atoms with van der Waals surface area (Å²) in [5, 5.41) is 5.59. The fourth-order valence-corrected chi connectivity index (χ4v) is 2.39. The quantitative estimate of drug-likeness (QED) is 0.604. The standard InChI is InChI=1S/C17H13N3O/c18-14-11-20(13-7-2-1-3-8-13)19-17(14)16-10-12-6-4-5-9-15(12)21-16/h1-11H,18H2. The van der Waals surface area contributed by atoms with Crippen LogP contribution in [0.15, 0.2) is 71.3 Å². The van der Waals surface area contributed by atoms with Crippen LogP contribution in [0.1, 0.15) is 0 Å². The van der Waals surface area contributed by atoms with E-state index < -0.39 is 0 Å². The Labute approximate surface area is 121 Å². The van der Waals surface area contributed by atoms with E-state index in [9.17, 15) is 0 Å². The first-order chi connectivity index (χ1) is 10.3. The van der Waals surface area contributed by atoms with Gasteiger partial charge in [-0.1, -0.05) is 36.4 Å². The highest BCUT2D eigenvalue weighted by Crippen LogP contribution is 2.30. The fraction of sp³-hybridized carbons (Fsp3) is 0. The van der Waals surface area contributed by atoms with E-state index in [0.717, 1.165) is 16.7 Å². The second-order valence-corrected chi connectivity index (χ2v) is 4.86. The van der Waals surface area contributed by atoms with Crippen molar-refractivity contribution in [2.75, 3.05) is 5.73 Å². The Balaban J connectivity index is 1.84. The number of nitrogens with two attached hydrogens (primary N) is 1. The van der Waals surface area contributed by atoms with Gasteiger partial charge in [0.15, 0.2) is 11.5 Å². The highest BCUT2D eigenvalue weighted by molar-refractivity contribution is 5.84. The smallest absolute Gasteiger partial charge is 0.157 e. The van der Waals surface area contributed by atoms with Crippen molar-refractivity contribution in [3.63, 3.8) is 0 Å². The molecule has 0 unspecified atom stereocenters. The van der Waals surface area contributed by atoms with E-state index in [2.05, 4.69) is 5.10 Å². The Kier molecular flexibility index (Phi) is 2.54. The SMILES string of the molecule is Nc1cn(-c2ccccc2)nc1-c1cc2ccccc2o1. The molecule has 2 N–H and O–H groups in total. The summed E-state index contributed by atoms with van der Waals surface area (Å²) in [5.41, 5.74) is 9.15. The highest BCUT2D eigenvalue weighted by atomic mass is 16.3. The zero-order chi connectivity index (χ0) is 14.2. The molecule has 0 atom stereocenters. The number of benzene rings is 2. The number of hydrogen-bond acceptors (Lipinski definition) is 3. The maximum atomic E-state index is 6.09. The van der Waals surface area contributed by atoms with Crippen molar-refractivity contribution >= 4 is 16.7 Å². The molecule has 0 aliphatic rings. The van der Waals surface area contributed by atoms with E-state index >= 15 is 0 Å². The van der Waals surface area contributed by atoms with Gasteiger partial charge >= 0.3 is 0 Å². The molecule has 0 spiro atoms. The van der Waals surface area contributed by atoms with Crippen LogP contribution in [0.4, 0.5) is 5.69 Å². The third kappa shape index (κ3) is 1.97. The minimum absolute atomic E-state index is 0.595. The minimum Gasteiger partial charge on any atom is -0.454 e. The number of anilines is 1. The summed E-state index contributed by atoms with van der Waals surface area (Å²) in [7, 11) is 0. The molecule has 0 amide bonds. The average molecular weight is 275 g/mol. The van der Waals surface area contributed by atoms with Gasteiger partial charge in [-0.05, 0) is 24.3 Å². The third-order valence-corrected chi connectivity index (χ3v) is 3.42. The number of aromatic nitrogens is 2. The van der Waals surface area contributed by atoms with Crippen LogP contribution < -0.4 is 5.73 Å². The van der Waals surface area contributed by atoms with Crippen LogP contribution in [0, 0.1) is 0 Å². The van der Waals surface area contributed by atoms with Gasteiger partial charge < -0.3 is 10.2 Å².